The smallest absolute Gasteiger partial charge is 0.144 e. The van der Waals surface area contributed by atoms with Gasteiger partial charge >= 0.3 is 0 Å². The van der Waals surface area contributed by atoms with Crippen LogP contribution < -0.4 is 10.5 Å². The van der Waals surface area contributed by atoms with E-state index in [0.29, 0.717) is 17.7 Å². The van der Waals surface area contributed by atoms with Gasteiger partial charge in [-0.25, -0.2) is 0 Å². The molecule has 0 unspecified atom stereocenters. The summed E-state index contributed by atoms with van der Waals surface area (Å²) in [4.78, 5) is 4.10. The average Bonchev–Trinajstić information content (AvgIpc) is 2.89. The van der Waals surface area contributed by atoms with Gasteiger partial charge in [0.15, 0.2) is 0 Å². The van der Waals surface area contributed by atoms with Gasteiger partial charge in [0, 0.05) is 18.8 Å². The van der Waals surface area contributed by atoms with Crippen LogP contribution in [0.2, 0.25) is 5.02 Å². The van der Waals surface area contributed by atoms with Crippen molar-refractivity contribution in [1.82, 2.24) is 4.98 Å². The molecular formula is C9H11ClN2O. The molecule has 1 aliphatic rings. The molecule has 1 aromatic heterocycles. The molecule has 2 rings (SSSR count). The highest BCUT2D eigenvalue weighted by atomic mass is 35.5. The highest BCUT2D eigenvalue weighted by molar-refractivity contribution is 6.30. The molecule has 0 atom stereocenters. The topological polar surface area (TPSA) is 48.1 Å². The lowest BCUT2D eigenvalue weighted by molar-refractivity contribution is 0.298. The molecule has 3 nitrogen and oxygen atoms in total. The first kappa shape index (κ1) is 8.78. The van der Waals surface area contributed by atoms with E-state index in [1.54, 1.807) is 12.3 Å². The fourth-order valence-electron chi connectivity index (χ4n) is 1.07. The summed E-state index contributed by atoms with van der Waals surface area (Å²) in [5.74, 6) is 0.734. The maximum atomic E-state index is 5.79. The van der Waals surface area contributed by atoms with Crippen LogP contribution in [0, 0.1) is 0 Å². The van der Waals surface area contributed by atoms with Gasteiger partial charge in [-0.05, 0) is 12.8 Å². The SMILES string of the molecule is NCc1ncc(Cl)cc1OC1CC1. The first-order valence-electron chi connectivity index (χ1n) is 4.30. The number of hydrogen-bond donors (Lipinski definition) is 1. The predicted octanol–water partition coefficient (Wildman–Crippen LogP) is 1.73. The summed E-state index contributed by atoms with van der Waals surface area (Å²) >= 11 is 5.79. The minimum absolute atomic E-state index is 0.352. The predicted molar refractivity (Wildman–Crippen MR) is 50.8 cm³/mol. The lowest BCUT2D eigenvalue weighted by atomic mass is 10.3. The molecule has 0 spiro atoms. The number of pyridine rings is 1. The van der Waals surface area contributed by atoms with E-state index in [4.69, 9.17) is 22.1 Å². The molecule has 1 aliphatic carbocycles. The van der Waals surface area contributed by atoms with Crippen molar-refractivity contribution in [2.24, 2.45) is 5.73 Å². The number of nitrogens with two attached hydrogens (primary N) is 1. The Bertz CT molecular complexity index is 312. The van der Waals surface area contributed by atoms with Crippen LogP contribution in [0.25, 0.3) is 0 Å². The van der Waals surface area contributed by atoms with Gasteiger partial charge in [-0.3, -0.25) is 4.98 Å². The summed E-state index contributed by atoms with van der Waals surface area (Å²) in [6.07, 6.45) is 4.18. The Morgan fingerprint density at radius 1 is 1.62 bits per heavy atom. The fraction of sp³-hybridized carbons (Fsp3) is 0.444. The molecule has 0 saturated heterocycles. The minimum atomic E-state index is 0.352. The van der Waals surface area contributed by atoms with Crippen molar-refractivity contribution in [3.63, 3.8) is 0 Å². The number of rotatable bonds is 3. The normalized spacial score (nSPS) is 15.8. The van der Waals surface area contributed by atoms with E-state index >= 15 is 0 Å². The number of halogens is 1. The largest absolute Gasteiger partial charge is 0.488 e. The Morgan fingerprint density at radius 2 is 2.38 bits per heavy atom. The van der Waals surface area contributed by atoms with Crippen molar-refractivity contribution in [3.8, 4) is 5.75 Å². The molecule has 70 valence electrons. The Labute approximate surface area is 81.9 Å². The molecule has 1 aromatic rings. The van der Waals surface area contributed by atoms with Gasteiger partial charge < -0.3 is 10.5 Å². The van der Waals surface area contributed by atoms with Crippen molar-refractivity contribution in [2.75, 3.05) is 0 Å². The first-order valence-corrected chi connectivity index (χ1v) is 4.68. The lowest BCUT2D eigenvalue weighted by Crippen LogP contribution is -2.05. The molecule has 2 N–H and O–H groups in total. The molecule has 0 amide bonds. The second-order valence-corrected chi connectivity index (χ2v) is 3.56. The van der Waals surface area contributed by atoms with Crippen LogP contribution >= 0.6 is 11.6 Å². The molecule has 0 aromatic carbocycles. The van der Waals surface area contributed by atoms with E-state index < -0.39 is 0 Å². The number of hydrogen-bond acceptors (Lipinski definition) is 3. The zero-order valence-corrected chi connectivity index (χ0v) is 7.92. The highest BCUT2D eigenvalue weighted by Crippen LogP contribution is 2.29. The Balaban J connectivity index is 2.22. The van der Waals surface area contributed by atoms with Gasteiger partial charge in [-0.15, -0.1) is 0 Å². The number of aromatic nitrogens is 1. The van der Waals surface area contributed by atoms with Crippen LogP contribution in [0.15, 0.2) is 12.3 Å². The zero-order valence-electron chi connectivity index (χ0n) is 7.16. The van der Waals surface area contributed by atoms with Crippen molar-refractivity contribution in [1.29, 1.82) is 0 Å². The minimum Gasteiger partial charge on any atom is -0.488 e. The van der Waals surface area contributed by atoms with Crippen molar-refractivity contribution >= 4 is 11.6 Å². The maximum absolute atomic E-state index is 5.79. The number of nitrogens with zero attached hydrogens (tertiary/aromatic N) is 1. The summed E-state index contributed by atoms with van der Waals surface area (Å²) in [5, 5.41) is 0.591. The molecule has 1 heterocycles. The fourth-order valence-corrected chi connectivity index (χ4v) is 1.22. The first-order chi connectivity index (χ1) is 6.29. The van der Waals surface area contributed by atoms with Crippen LogP contribution in [-0.4, -0.2) is 11.1 Å². The van der Waals surface area contributed by atoms with E-state index in [0.717, 1.165) is 24.3 Å². The van der Waals surface area contributed by atoms with Crippen molar-refractivity contribution in [3.05, 3.63) is 23.0 Å². The second-order valence-electron chi connectivity index (χ2n) is 3.12. The molecule has 1 fully saturated rings. The monoisotopic (exact) mass is 198 g/mol. The molecule has 0 aliphatic heterocycles. The average molecular weight is 199 g/mol. The molecule has 0 bridgehead atoms. The van der Waals surface area contributed by atoms with Crippen molar-refractivity contribution in [2.45, 2.75) is 25.5 Å². The van der Waals surface area contributed by atoms with E-state index in [9.17, 15) is 0 Å². The van der Waals surface area contributed by atoms with Crippen LogP contribution in [0.5, 0.6) is 5.75 Å². The van der Waals surface area contributed by atoms with Gasteiger partial charge in [0.25, 0.3) is 0 Å². The Kier molecular flexibility index (Phi) is 2.38. The summed E-state index contributed by atoms with van der Waals surface area (Å²) in [7, 11) is 0. The second kappa shape index (κ2) is 3.52. The third-order valence-electron chi connectivity index (χ3n) is 1.91. The van der Waals surface area contributed by atoms with E-state index in [1.807, 2.05) is 0 Å². The molecule has 13 heavy (non-hydrogen) atoms. The van der Waals surface area contributed by atoms with Gasteiger partial charge in [0.2, 0.25) is 0 Å². The number of ether oxygens (including phenoxy) is 1. The lowest BCUT2D eigenvalue weighted by Gasteiger charge is -2.08. The third kappa shape index (κ3) is 2.11. The van der Waals surface area contributed by atoms with Crippen LogP contribution in [0.3, 0.4) is 0 Å². The van der Waals surface area contributed by atoms with Gasteiger partial charge in [0.05, 0.1) is 16.8 Å². The van der Waals surface area contributed by atoms with Gasteiger partial charge in [-0.2, -0.15) is 0 Å². The molecular weight excluding hydrogens is 188 g/mol. The van der Waals surface area contributed by atoms with Crippen molar-refractivity contribution < 1.29 is 4.74 Å². The molecule has 0 radical (unpaired) electrons. The summed E-state index contributed by atoms with van der Waals surface area (Å²) in [5.41, 5.74) is 6.29. The Hall–Kier alpha value is -0.800. The van der Waals surface area contributed by atoms with Crippen LogP contribution in [0.4, 0.5) is 0 Å². The summed E-state index contributed by atoms with van der Waals surface area (Å²) in [6, 6.07) is 1.77. The van der Waals surface area contributed by atoms with Crippen LogP contribution in [0.1, 0.15) is 18.5 Å². The van der Waals surface area contributed by atoms with E-state index in [2.05, 4.69) is 4.98 Å². The highest BCUT2D eigenvalue weighted by Gasteiger charge is 2.24. The summed E-state index contributed by atoms with van der Waals surface area (Å²) in [6.45, 7) is 0.388. The van der Waals surface area contributed by atoms with Gasteiger partial charge in [-0.1, -0.05) is 11.6 Å². The van der Waals surface area contributed by atoms with E-state index in [-0.39, 0.29) is 0 Å². The molecule has 1 saturated carbocycles. The zero-order chi connectivity index (χ0) is 9.26. The quantitative estimate of drug-likeness (QED) is 0.805. The maximum Gasteiger partial charge on any atom is 0.144 e. The van der Waals surface area contributed by atoms with Crippen LogP contribution in [-0.2, 0) is 6.54 Å². The van der Waals surface area contributed by atoms with Gasteiger partial charge in [0.1, 0.15) is 5.75 Å². The standard InChI is InChI=1S/C9H11ClN2O/c10-6-3-9(13-7-1-2-7)8(4-11)12-5-6/h3,5,7H,1-2,4,11H2. The third-order valence-corrected chi connectivity index (χ3v) is 2.12. The Morgan fingerprint density at radius 3 is 3.00 bits per heavy atom. The van der Waals surface area contributed by atoms with E-state index in [1.165, 1.54) is 0 Å². The summed E-state index contributed by atoms with van der Waals surface area (Å²) < 4.78 is 5.60. The molecule has 4 heteroatoms.